The monoisotopic (exact) mass is 592 g/mol. The molecule has 0 spiro atoms. The second-order valence-corrected chi connectivity index (χ2v) is 9.05. The maximum Gasteiger partial charge on any atom is 0.379 e. The molecular weight excluding hydrogens is 556 g/mol. The van der Waals surface area contributed by atoms with Crippen LogP contribution < -0.4 is 16.8 Å². The number of aryl methyl sites for hydroxylation is 1. The number of carbonyl (C=O) groups is 2. The average Bonchev–Trinajstić information content (AvgIpc) is 2.88. The predicted molar refractivity (Wildman–Crippen MR) is 154 cm³/mol. The number of rotatable bonds is 6. The van der Waals surface area contributed by atoms with E-state index < -0.39 is 18.4 Å². The third kappa shape index (κ3) is 17.8. The van der Waals surface area contributed by atoms with Crippen molar-refractivity contribution in [1.29, 1.82) is 5.41 Å². The van der Waals surface area contributed by atoms with Crippen molar-refractivity contribution in [2.75, 3.05) is 12.8 Å². The topological polar surface area (TPSA) is 142 Å². The molecule has 1 aromatic rings. The Hall–Kier alpha value is -3.24. The van der Waals surface area contributed by atoms with Gasteiger partial charge in [0.2, 0.25) is 0 Å². The van der Waals surface area contributed by atoms with Crippen LogP contribution in [0.5, 0.6) is 0 Å². The average molecular weight is 594 g/mol. The van der Waals surface area contributed by atoms with E-state index in [9.17, 15) is 22.8 Å². The normalized spacial score (nSPS) is 12.8. The van der Waals surface area contributed by atoms with Gasteiger partial charge in [-0.15, -0.1) is 0 Å². The van der Waals surface area contributed by atoms with Gasteiger partial charge in [-0.3, -0.25) is 10.2 Å². The molecule has 2 rings (SSSR count). The first-order chi connectivity index (χ1) is 18.1. The number of carbonyl (C=O) groups excluding carboxylic acids is 1. The Morgan fingerprint density at radius 2 is 1.79 bits per heavy atom. The van der Waals surface area contributed by atoms with Crippen LogP contribution >= 0.6 is 23.2 Å². The first-order valence-electron chi connectivity index (χ1n) is 11.8. The quantitative estimate of drug-likeness (QED) is 0.135. The molecule has 0 heterocycles. The van der Waals surface area contributed by atoms with Crippen LogP contribution in [0, 0.1) is 5.41 Å². The highest BCUT2D eigenvalue weighted by molar-refractivity contribution is 6.40. The molecule has 0 bridgehead atoms. The molecule has 39 heavy (non-hydrogen) atoms. The summed E-state index contributed by atoms with van der Waals surface area (Å²) in [5, 5.41) is 18.8. The summed E-state index contributed by atoms with van der Waals surface area (Å²) in [4.78, 5) is 21.6. The van der Waals surface area contributed by atoms with E-state index in [0.717, 1.165) is 12.0 Å². The lowest BCUT2D eigenvalue weighted by Crippen LogP contribution is -2.20. The zero-order valence-corrected chi connectivity index (χ0v) is 24.0. The number of carboxylic acids is 1. The zero-order valence-electron chi connectivity index (χ0n) is 22.5. The Labute approximate surface area is 237 Å². The van der Waals surface area contributed by atoms with Gasteiger partial charge in [-0.25, -0.2) is 4.79 Å². The highest BCUT2D eigenvalue weighted by Crippen LogP contribution is 2.24. The summed E-state index contributed by atoms with van der Waals surface area (Å²) in [6, 6.07) is 3.36. The van der Waals surface area contributed by atoms with Crippen molar-refractivity contribution < 1.29 is 27.9 Å². The minimum absolute atomic E-state index is 0.123. The molecule has 1 amide bonds. The molecule has 0 saturated carbocycles. The number of nitrogens with one attached hydrogen (secondary N) is 2. The summed E-state index contributed by atoms with van der Waals surface area (Å²) < 4.78 is 29.0. The molecule has 218 valence electrons. The standard InChI is InChI=1S/C10H13ClN2O.C9H14.C7H9ClN2O2.CHF3/c1-3-6-4-7(11)5-8(9(6)12)10(14)13-2;1-8(2)9-6-4-3-5-7-9;1-4(8)2-3-5(9)6(10)7(11)12;2-1(3)4/h4-5H,3,12H2,1-2H3,(H,13,14);6H,1,3-5,7H2,2H3;2-3,10H,9H2,1H3,(H,11,12);1H/b;;4-2+,5-3+,10-6?;. The summed E-state index contributed by atoms with van der Waals surface area (Å²) in [5.41, 5.74) is 14.9. The van der Waals surface area contributed by atoms with Gasteiger partial charge < -0.3 is 21.9 Å². The number of halogens is 5. The largest absolute Gasteiger partial charge is 0.476 e. The molecule has 0 aromatic heterocycles. The molecule has 7 nitrogen and oxygen atoms in total. The highest BCUT2D eigenvalue weighted by Gasteiger charge is 2.12. The van der Waals surface area contributed by atoms with E-state index in [2.05, 4.69) is 24.9 Å². The van der Waals surface area contributed by atoms with E-state index in [4.69, 9.17) is 45.2 Å². The number of anilines is 1. The van der Waals surface area contributed by atoms with Gasteiger partial charge in [0.15, 0.2) is 5.71 Å². The van der Waals surface area contributed by atoms with Crippen molar-refractivity contribution >= 4 is 46.5 Å². The van der Waals surface area contributed by atoms with Crippen LogP contribution in [0.25, 0.3) is 0 Å². The van der Waals surface area contributed by atoms with Gasteiger partial charge in [0.1, 0.15) is 0 Å². The number of alkyl halides is 3. The number of hydrogen-bond donors (Lipinski definition) is 5. The van der Waals surface area contributed by atoms with E-state index in [1.165, 1.54) is 49.0 Å². The third-order valence-electron chi connectivity index (χ3n) is 4.92. The van der Waals surface area contributed by atoms with Crippen LogP contribution in [0.4, 0.5) is 18.9 Å². The molecule has 1 aliphatic carbocycles. The van der Waals surface area contributed by atoms with E-state index in [1.807, 2.05) is 6.92 Å². The molecule has 12 heteroatoms. The van der Waals surface area contributed by atoms with E-state index in [0.29, 0.717) is 21.3 Å². The van der Waals surface area contributed by atoms with Crippen molar-refractivity contribution in [2.45, 2.75) is 59.6 Å². The summed E-state index contributed by atoms with van der Waals surface area (Å²) in [7, 11) is 1.56. The van der Waals surface area contributed by atoms with Gasteiger partial charge in [0.05, 0.1) is 11.3 Å². The summed E-state index contributed by atoms with van der Waals surface area (Å²) in [5.74, 6) is -1.57. The Morgan fingerprint density at radius 3 is 2.15 bits per heavy atom. The minimum atomic E-state index is -3.67. The van der Waals surface area contributed by atoms with Crippen molar-refractivity contribution in [3.8, 4) is 0 Å². The third-order valence-corrected chi connectivity index (χ3v) is 5.26. The molecule has 0 saturated heterocycles. The van der Waals surface area contributed by atoms with Gasteiger partial charge in [-0.05, 0) is 81.4 Å². The molecule has 0 unspecified atom stereocenters. The maximum absolute atomic E-state index is 11.4. The first kappa shape index (κ1) is 37.9. The van der Waals surface area contributed by atoms with Crippen LogP contribution in [0.3, 0.4) is 0 Å². The van der Waals surface area contributed by atoms with Crippen LogP contribution in [0.2, 0.25) is 5.02 Å². The smallest absolute Gasteiger partial charge is 0.379 e. The molecule has 0 atom stereocenters. The number of aliphatic carboxylic acids is 1. The van der Waals surface area contributed by atoms with Gasteiger partial charge in [-0.1, -0.05) is 48.4 Å². The molecule has 0 fully saturated rings. The van der Waals surface area contributed by atoms with Crippen LogP contribution in [0.1, 0.15) is 62.4 Å². The maximum atomic E-state index is 11.4. The number of nitrogens with two attached hydrogens (primary N) is 2. The molecule has 0 radical (unpaired) electrons. The van der Waals surface area contributed by atoms with E-state index in [1.54, 1.807) is 26.1 Å². The van der Waals surface area contributed by atoms with Gasteiger partial charge in [0, 0.05) is 22.8 Å². The molecular formula is C27H37Cl2F3N4O3. The number of hydrogen-bond acceptors (Lipinski definition) is 5. The number of allylic oxidation sites excluding steroid dienone is 6. The fourth-order valence-electron chi connectivity index (χ4n) is 2.93. The molecule has 7 N–H and O–H groups in total. The lowest BCUT2D eigenvalue weighted by atomic mass is 9.95. The summed E-state index contributed by atoms with van der Waals surface area (Å²) >= 11 is 11.3. The Balaban J connectivity index is 0. The van der Waals surface area contributed by atoms with E-state index in [-0.39, 0.29) is 11.6 Å². The summed E-state index contributed by atoms with van der Waals surface area (Å²) in [6.45, 7) is 5.93. The summed E-state index contributed by atoms with van der Waals surface area (Å²) in [6.07, 6.45) is 11.0. The lowest BCUT2D eigenvalue weighted by molar-refractivity contribution is -0.129. The second-order valence-electron chi connectivity index (χ2n) is 8.02. The Bertz CT molecular complexity index is 1080. The van der Waals surface area contributed by atoms with Crippen molar-refractivity contribution in [3.63, 3.8) is 0 Å². The van der Waals surface area contributed by atoms with Gasteiger partial charge >= 0.3 is 12.6 Å². The second kappa shape index (κ2) is 20.7. The van der Waals surface area contributed by atoms with Crippen molar-refractivity contribution in [1.82, 2.24) is 5.32 Å². The number of carboxylic acid groups (broad SMARTS) is 1. The fourth-order valence-corrected chi connectivity index (χ4v) is 3.23. The fraction of sp³-hybridized carbons (Fsp3) is 0.370. The van der Waals surface area contributed by atoms with Crippen molar-refractivity contribution in [2.24, 2.45) is 5.73 Å². The number of nitrogen functional groups attached to an aromatic ring is 1. The highest BCUT2D eigenvalue weighted by atomic mass is 35.5. The van der Waals surface area contributed by atoms with Gasteiger partial charge in [-0.2, -0.15) is 13.2 Å². The molecule has 0 aliphatic heterocycles. The van der Waals surface area contributed by atoms with Crippen LogP contribution in [-0.2, 0) is 11.2 Å². The zero-order chi connectivity index (χ0) is 30.7. The van der Waals surface area contributed by atoms with E-state index >= 15 is 0 Å². The SMILES string of the molecule is C/C(Cl)=C\C=C(\N)C(=N)C(=O)O.C=C(C)C1=CCCCC1.CCc1cc(Cl)cc(C(=O)NC)c1N.FC(F)F. The number of benzene rings is 1. The first-order valence-corrected chi connectivity index (χ1v) is 12.5. The number of amides is 1. The molecule has 1 aliphatic rings. The minimum Gasteiger partial charge on any atom is -0.476 e. The lowest BCUT2D eigenvalue weighted by Gasteiger charge is -2.11. The predicted octanol–water partition coefficient (Wildman–Crippen LogP) is 7.16. The van der Waals surface area contributed by atoms with Gasteiger partial charge in [0.25, 0.3) is 5.91 Å². The van der Waals surface area contributed by atoms with Crippen LogP contribution in [-0.4, -0.2) is 36.4 Å². The molecule has 1 aromatic carbocycles. The Morgan fingerprint density at radius 1 is 1.23 bits per heavy atom. The van der Waals surface area contributed by atoms with Crippen LogP contribution in [0.15, 0.2) is 58.8 Å². The van der Waals surface area contributed by atoms with Crippen molar-refractivity contribution in [3.05, 3.63) is 75.0 Å². The Kier molecular flexibility index (Phi) is 20.1.